The molecule has 0 radical (unpaired) electrons. The zero-order valence-electron chi connectivity index (χ0n) is 14.5. The molecule has 6 nitrogen and oxygen atoms in total. The molecule has 0 fully saturated rings. The van der Waals surface area contributed by atoms with Crippen molar-refractivity contribution in [2.24, 2.45) is 0 Å². The molecule has 4 rings (SSSR count). The number of aromatic amines is 1. The molecule has 2 aromatic carbocycles. The second kappa shape index (κ2) is 6.48. The van der Waals surface area contributed by atoms with Gasteiger partial charge >= 0.3 is 0 Å². The molecule has 1 N–H and O–H groups in total. The molecule has 0 saturated heterocycles. The van der Waals surface area contributed by atoms with Crippen molar-refractivity contribution in [3.63, 3.8) is 0 Å². The molecule has 1 atom stereocenters. The summed E-state index contributed by atoms with van der Waals surface area (Å²) in [5.41, 5.74) is 3.45. The molecule has 130 valence electrons. The highest BCUT2D eigenvalue weighted by molar-refractivity contribution is 5.83. The van der Waals surface area contributed by atoms with Gasteiger partial charge in [0.15, 0.2) is 0 Å². The number of ether oxygens (including phenoxy) is 1. The van der Waals surface area contributed by atoms with Crippen molar-refractivity contribution in [3.05, 3.63) is 77.1 Å². The fourth-order valence-corrected chi connectivity index (χ4v) is 3.06. The maximum absolute atomic E-state index is 13.1. The minimum absolute atomic E-state index is 0.0735. The van der Waals surface area contributed by atoms with Gasteiger partial charge in [0, 0.05) is 11.8 Å². The summed E-state index contributed by atoms with van der Waals surface area (Å²) >= 11 is 0. The third-order valence-corrected chi connectivity index (χ3v) is 4.61. The van der Waals surface area contributed by atoms with Gasteiger partial charge in [-0.1, -0.05) is 18.2 Å². The first-order valence-electron chi connectivity index (χ1n) is 8.31. The molecule has 6 heteroatoms. The largest absolute Gasteiger partial charge is 0.497 e. The predicted molar refractivity (Wildman–Crippen MR) is 100 cm³/mol. The Kier molecular flexibility index (Phi) is 4.01. The van der Waals surface area contributed by atoms with Crippen molar-refractivity contribution < 1.29 is 4.74 Å². The van der Waals surface area contributed by atoms with Gasteiger partial charge in [-0.2, -0.15) is 5.10 Å². The van der Waals surface area contributed by atoms with Crippen LogP contribution in [0.5, 0.6) is 5.75 Å². The van der Waals surface area contributed by atoms with Crippen LogP contribution in [0.3, 0.4) is 0 Å². The highest BCUT2D eigenvalue weighted by Crippen LogP contribution is 2.23. The van der Waals surface area contributed by atoms with E-state index < -0.39 is 0 Å². The summed E-state index contributed by atoms with van der Waals surface area (Å²) in [5, 5.41) is 7.34. The lowest BCUT2D eigenvalue weighted by Gasteiger charge is -2.16. The highest BCUT2D eigenvalue weighted by Gasteiger charge is 2.13. The molecule has 0 spiro atoms. The monoisotopic (exact) mass is 346 g/mol. The Hall–Kier alpha value is -3.41. The zero-order valence-corrected chi connectivity index (χ0v) is 14.5. The molecule has 26 heavy (non-hydrogen) atoms. The number of nitrogens with one attached hydrogen (secondary N) is 1. The van der Waals surface area contributed by atoms with Gasteiger partial charge in [0.25, 0.3) is 5.56 Å². The average Bonchev–Trinajstić information content (AvgIpc) is 3.22. The number of hydrogen-bond donors (Lipinski definition) is 1. The molecular weight excluding hydrogens is 328 g/mol. The third-order valence-electron chi connectivity index (χ3n) is 4.61. The van der Waals surface area contributed by atoms with Crippen molar-refractivity contribution in [2.45, 2.75) is 13.0 Å². The van der Waals surface area contributed by atoms with Crippen LogP contribution >= 0.6 is 0 Å². The van der Waals surface area contributed by atoms with E-state index in [1.54, 1.807) is 30.4 Å². The van der Waals surface area contributed by atoms with Gasteiger partial charge < -0.3 is 4.74 Å². The van der Waals surface area contributed by atoms with E-state index in [-0.39, 0.29) is 11.6 Å². The number of hydrogen-bond acceptors (Lipinski definition) is 4. The zero-order chi connectivity index (χ0) is 18.1. The topological polar surface area (TPSA) is 72.8 Å². The van der Waals surface area contributed by atoms with Crippen LogP contribution in [-0.4, -0.2) is 26.9 Å². The molecule has 2 aromatic heterocycles. The smallest absolute Gasteiger partial charge is 0.261 e. The summed E-state index contributed by atoms with van der Waals surface area (Å²) in [6.07, 6.45) is 5.14. The highest BCUT2D eigenvalue weighted by atomic mass is 16.5. The summed E-state index contributed by atoms with van der Waals surface area (Å²) in [7, 11) is 1.63. The van der Waals surface area contributed by atoms with E-state index in [9.17, 15) is 4.79 Å². The van der Waals surface area contributed by atoms with E-state index in [1.807, 2.05) is 49.4 Å². The quantitative estimate of drug-likeness (QED) is 0.615. The Bertz CT molecular complexity index is 1120. The molecular formula is C20H18N4O2. The molecule has 0 bridgehead atoms. The van der Waals surface area contributed by atoms with Gasteiger partial charge in [-0.25, -0.2) is 4.98 Å². The van der Waals surface area contributed by atoms with E-state index in [0.29, 0.717) is 10.9 Å². The summed E-state index contributed by atoms with van der Waals surface area (Å²) in [4.78, 5) is 17.5. The Labute approximate surface area is 150 Å². The summed E-state index contributed by atoms with van der Waals surface area (Å²) < 4.78 is 6.94. The van der Waals surface area contributed by atoms with E-state index in [1.165, 1.54) is 0 Å². The van der Waals surface area contributed by atoms with E-state index in [4.69, 9.17) is 4.74 Å². The van der Waals surface area contributed by atoms with Gasteiger partial charge in [-0.15, -0.1) is 0 Å². The van der Waals surface area contributed by atoms with Crippen LogP contribution < -0.4 is 10.3 Å². The maximum atomic E-state index is 13.1. The molecule has 0 aliphatic heterocycles. The lowest BCUT2D eigenvalue weighted by molar-refractivity contribution is 0.413. The Morgan fingerprint density at radius 2 is 2.04 bits per heavy atom. The first-order valence-corrected chi connectivity index (χ1v) is 8.31. The minimum atomic E-state index is -0.160. The first-order chi connectivity index (χ1) is 12.7. The van der Waals surface area contributed by atoms with Crippen LogP contribution in [0.25, 0.3) is 22.0 Å². The lowest BCUT2D eigenvalue weighted by atomic mass is 10.1. The molecule has 0 aliphatic carbocycles. The van der Waals surface area contributed by atoms with Crippen molar-refractivity contribution in [1.82, 2.24) is 19.7 Å². The van der Waals surface area contributed by atoms with Crippen molar-refractivity contribution in [2.75, 3.05) is 7.11 Å². The standard InChI is InChI=1S/C20H18N4O2/c1-13(14-4-3-5-17(8-14)26-2)24-12-21-19-7-6-15(9-18(19)20(24)25)16-10-22-23-11-16/h3-13H,1-2H3,(H,22,23)/t13-/m1/s1. The van der Waals surface area contributed by atoms with E-state index >= 15 is 0 Å². The minimum Gasteiger partial charge on any atom is -0.497 e. The number of aromatic nitrogens is 4. The SMILES string of the molecule is COc1cccc([C@@H](C)n2cnc3ccc(-c4cn[nH]c4)cc3c2=O)c1. The predicted octanol–water partition coefficient (Wildman–Crippen LogP) is 3.40. The Balaban J connectivity index is 1.82. The van der Waals surface area contributed by atoms with Gasteiger partial charge in [0.05, 0.1) is 36.6 Å². The second-order valence-corrected chi connectivity index (χ2v) is 6.13. The fourth-order valence-electron chi connectivity index (χ4n) is 3.06. The average molecular weight is 346 g/mol. The summed E-state index contributed by atoms with van der Waals surface area (Å²) in [6, 6.07) is 13.2. The molecule has 0 unspecified atom stereocenters. The van der Waals surface area contributed by atoms with Crippen molar-refractivity contribution >= 4 is 10.9 Å². The van der Waals surface area contributed by atoms with Gasteiger partial charge in [0.2, 0.25) is 0 Å². The lowest BCUT2D eigenvalue weighted by Crippen LogP contribution is -2.24. The number of H-pyrrole nitrogens is 1. The second-order valence-electron chi connectivity index (χ2n) is 6.13. The van der Waals surface area contributed by atoms with Crippen molar-refractivity contribution in [3.8, 4) is 16.9 Å². The molecule has 0 saturated carbocycles. The summed E-state index contributed by atoms with van der Waals surface area (Å²) in [5.74, 6) is 0.762. The Morgan fingerprint density at radius 1 is 1.15 bits per heavy atom. The van der Waals surface area contributed by atoms with Crippen LogP contribution in [0.2, 0.25) is 0 Å². The third kappa shape index (κ3) is 2.75. The van der Waals surface area contributed by atoms with Crippen LogP contribution in [0, 0.1) is 0 Å². The first kappa shape index (κ1) is 16.1. The number of rotatable bonds is 4. The molecule has 0 aliphatic rings. The van der Waals surface area contributed by atoms with Gasteiger partial charge in [-0.05, 0) is 42.3 Å². The molecule has 4 aromatic rings. The summed E-state index contributed by atoms with van der Waals surface area (Å²) in [6.45, 7) is 1.98. The van der Waals surface area contributed by atoms with Gasteiger partial charge in [0.1, 0.15) is 5.75 Å². The number of benzene rings is 2. The maximum Gasteiger partial charge on any atom is 0.261 e. The molecule has 0 amide bonds. The molecule has 2 heterocycles. The van der Waals surface area contributed by atoms with E-state index in [2.05, 4.69) is 15.2 Å². The van der Waals surface area contributed by atoms with Crippen LogP contribution in [0.1, 0.15) is 18.5 Å². The van der Waals surface area contributed by atoms with E-state index in [0.717, 1.165) is 22.4 Å². The van der Waals surface area contributed by atoms with Gasteiger partial charge in [-0.3, -0.25) is 14.5 Å². The number of nitrogens with zero attached hydrogens (tertiary/aromatic N) is 3. The Morgan fingerprint density at radius 3 is 2.81 bits per heavy atom. The fraction of sp³-hybridized carbons (Fsp3) is 0.150. The normalized spacial score (nSPS) is 12.2. The number of fused-ring (bicyclic) bond motifs is 1. The van der Waals surface area contributed by atoms with Crippen LogP contribution in [0.4, 0.5) is 0 Å². The van der Waals surface area contributed by atoms with Crippen LogP contribution in [-0.2, 0) is 0 Å². The van der Waals surface area contributed by atoms with Crippen LogP contribution in [0.15, 0.2) is 66.0 Å². The van der Waals surface area contributed by atoms with Crippen molar-refractivity contribution in [1.29, 1.82) is 0 Å². The number of methoxy groups -OCH3 is 1.